The van der Waals surface area contributed by atoms with Gasteiger partial charge < -0.3 is 4.90 Å². The second-order valence-corrected chi connectivity index (χ2v) is 10.8. The Morgan fingerprint density at radius 3 is 2.33 bits per heavy atom. The average Bonchev–Trinajstić information content (AvgIpc) is 3.40. The van der Waals surface area contributed by atoms with Crippen LogP contribution in [0.25, 0.3) is 5.70 Å². The molecule has 0 bridgehead atoms. The summed E-state index contributed by atoms with van der Waals surface area (Å²) in [6.45, 7) is 6.76. The van der Waals surface area contributed by atoms with Crippen molar-refractivity contribution in [2.45, 2.75) is 37.1 Å². The molecule has 0 aromatic heterocycles. The van der Waals surface area contributed by atoms with Crippen LogP contribution >= 0.6 is 0 Å². The van der Waals surface area contributed by atoms with E-state index >= 15 is 0 Å². The molecule has 0 saturated carbocycles. The first-order chi connectivity index (χ1) is 15.8. The number of hydrogen-bond acceptors (Lipinski definition) is 4. The van der Waals surface area contributed by atoms with Gasteiger partial charge in [-0.25, -0.2) is 8.42 Å². The first-order valence-corrected chi connectivity index (χ1v) is 12.8. The van der Waals surface area contributed by atoms with Crippen molar-refractivity contribution in [3.8, 4) is 0 Å². The summed E-state index contributed by atoms with van der Waals surface area (Å²) in [4.78, 5) is 29.5. The first kappa shape index (κ1) is 21.9. The van der Waals surface area contributed by atoms with Gasteiger partial charge in [-0.15, -0.1) is 0 Å². The van der Waals surface area contributed by atoms with Gasteiger partial charge in [0.2, 0.25) is 15.9 Å². The van der Waals surface area contributed by atoms with Gasteiger partial charge in [-0.1, -0.05) is 30.8 Å². The van der Waals surface area contributed by atoms with Crippen LogP contribution in [-0.4, -0.2) is 66.6 Å². The minimum atomic E-state index is -3.61. The highest BCUT2D eigenvalue weighted by Crippen LogP contribution is 2.33. The monoisotopic (exact) mass is 465 g/mol. The Morgan fingerprint density at radius 1 is 0.970 bits per heavy atom. The quantitative estimate of drug-likeness (QED) is 0.695. The number of aryl methyl sites for hydroxylation is 2. The molecule has 0 spiro atoms. The van der Waals surface area contributed by atoms with Gasteiger partial charge >= 0.3 is 0 Å². The van der Waals surface area contributed by atoms with Gasteiger partial charge in [-0.2, -0.15) is 4.31 Å². The van der Waals surface area contributed by atoms with Gasteiger partial charge in [0.15, 0.2) is 0 Å². The highest BCUT2D eigenvalue weighted by Gasteiger charge is 2.39. The van der Waals surface area contributed by atoms with E-state index < -0.39 is 16.1 Å². The van der Waals surface area contributed by atoms with Crippen LogP contribution in [0.4, 0.5) is 0 Å². The van der Waals surface area contributed by atoms with E-state index in [4.69, 9.17) is 0 Å². The Kier molecular flexibility index (Phi) is 5.37. The van der Waals surface area contributed by atoms with Gasteiger partial charge in [0.25, 0.3) is 5.91 Å². The Morgan fingerprint density at radius 2 is 1.64 bits per heavy atom. The Balaban J connectivity index is 1.26. The van der Waals surface area contributed by atoms with Crippen molar-refractivity contribution in [3.63, 3.8) is 0 Å². The summed E-state index contributed by atoms with van der Waals surface area (Å²) < 4.78 is 27.8. The molecule has 2 aromatic rings. The molecule has 1 atom stereocenters. The zero-order valence-corrected chi connectivity index (χ0v) is 19.5. The zero-order valence-electron chi connectivity index (χ0n) is 18.7. The number of fused-ring (bicyclic) bond motifs is 2. The highest BCUT2D eigenvalue weighted by molar-refractivity contribution is 7.89. The third-order valence-electron chi connectivity index (χ3n) is 6.98. The SMILES string of the molecule is C=C1c2ccccc2C(=O)N1C(C)C(=O)N1CCN(S(=O)(=O)c2ccc3c(c2)CCC3)CC1. The lowest BCUT2D eigenvalue weighted by Gasteiger charge is -2.37. The summed E-state index contributed by atoms with van der Waals surface area (Å²) in [6.07, 6.45) is 2.99. The third kappa shape index (κ3) is 3.57. The number of benzene rings is 2. The number of hydrogen-bond donors (Lipinski definition) is 0. The number of piperazine rings is 1. The molecule has 1 unspecified atom stereocenters. The maximum atomic E-state index is 13.2. The number of rotatable bonds is 4. The van der Waals surface area contributed by atoms with Crippen LogP contribution < -0.4 is 0 Å². The van der Waals surface area contributed by atoms with E-state index in [2.05, 4.69) is 6.58 Å². The van der Waals surface area contributed by atoms with Crippen LogP contribution in [0, 0.1) is 0 Å². The molecule has 3 aliphatic rings. The molecule has 1 aliphatic carbocycles. The maximum Gasteiger partial charge on any atom is 0.259 e. The van der Waals surface area contributed by atoms with E-state index in [0.29, 0.717) is 16.2 Å². The molecule has 1 fully saturated rings. The Hall–Kier alpha value is -2.97. The predicted molar refractivity (Wildman–Crippen MR) is 125 cm³/mol. The fourth-order valence-corrected chi connectivity index (χ4v) is 6.57. The molecule has 1 saturated heterocycles. The molecule has 0 N–H and O–H groups in total. The van der Waals surface area contributed by atoms with Crippen LogP contribution in [0.2, 0.25) is 0 Å². The summed E-state index contributed by atoms with van der Waals surface area (Å²) in [5.41, 5.74) is 4.17. The van der Waals surface area contributed by atoms with E-state index in [0.717, 1.165) is 30.4 Å². The molecule has 5 rings (SSSR count). The molecule has 7 nitrogen and oxygen atoms in total. The van der Waals surface area contributed by atoms with Gasteiger partial charge in [-0.05, 0) is 55.5 Å². The largest absolute Gasteiger partial charge is 0.338 e. The van der Waals surface area contributed by atoms with Crippen molar-refractivity contribution in [1.29, 1.82) is 0 Å². The molecule has 2 heterocycles. The summed E-state index contributed by atoms with van der Waals surface area (Å²) in [5, 5.41) is 0. The van der Waals surface area contributed by atoms with E-state index in [1.165, 1.54) is 14.8 Å². The standard InChI is InChI=1S/C25H27N3O4S/c1-17-22-8-3-4-9-23(22)25(30)28(17)18(2)24(29)26-12-14-27(15-13-26)33(31,32)21-11-10-19-6-5-7-20(19)16-21/h3-4,8-11,16,18H,1,5-7,12-15H2,2H3. The molecule has 33 heavy (non-hydrogen) atoms. The molecule has 8 heteroatoms. The Bertz CT molecular complexity index is 1230. The average molecular weight is 466 g/mol. The van der Waals surface area contributed by atoms with Crippen LogP contribution in [0.3, 0.4) is 0 Å². The second kappa shape index (κ2) is 8.11. The van der Waals surface area contributed by atoms with Crippen molar-refractivity contribution in [3.05, 3.63) is 71.3 Å². The number of sulfonamides is 1. The third-order valence-corrected chi connectivity index (χ3v) is 8.88. The minimum absolute atomic E-state index is 0.202. The summed E-state index contributed by atoms with van der Waals surface area (Å²) >= 11 is 0. The van der Waals surface area contributed by atoms with Crippen molar-refractivity contribution >= 4 is 27.5 Å². The van der Waals surface area contributed by atoms with E-state index in [-0.39, 0.29) is 38.0 Å². The fraction of sp³-hybridized carbons (Fsp3) is 0.360. The lowest BCUT2D eigenvalue weighted by molar-refractivity contribution is -0.135. The Labute approximate surface area is 194 Å². The van der Waals surface area contributed by atoms with E-state index in [1.54, 1.807) is 36.1 Å². The normalized spacial score (nSPS) is 19.5. The summed E-state index contributed by atoms with van der Waals surface area (Å²) in [5.74, 6) is -0.429. The first-order valence-electron chi connectivity index (χ1n) is 11.3. The van der Waals surface area contributed by atoms with Crippen LogP contribution in [0.5, 0.6) is 0 Å². The number of carbonyl (C=O) groups excluding carboxylic acids is 2. The van der Waals surface area contributed by atoms with E-state index in [1.807, 2.05) is 18.2 Å². The summed E-state index contributed by atoms with van der Waals surface area (Å²) in [6, 6.07) is 11.9. The topological polar surface area (TPSA) is 78.0 Å². The van der Waals surface area contributed by atoms with Crippen molar-refractivity contribution in [2.75, 3.05) is 26.2 Å². The zero-order chi connectivity index (χ0) is 23.3. The summed E-state index contributed by atoms with van der Waals surface area (Å²) in [7, 11) is -3.61. The van der Waals surface area contributed by atoms with Crippen LogP contribution in [0.15, 0.2) is 53.9 Å². The lowest BCUT2D eigenvalue weighted by Crippen LogP contribution is -2.55. The van der Waals surface area contributed by atoms with Crippen molar-refractivity contribution in [2.24, 2.45) is 0 Å². The van der Waals surface area contributed by atoms with Gasteiger partial charge in [0, 0.05) is 43.0 Å². The number of nitrogens with zero attached hydrogens (tertiary/aromatic N) is 3. The van der Waals surface area contributed by atoms with Crippen molar-refractivity contribution in [1.82, 2.24) is 14.1 Å². The van der Waals surface area contributed by atoms with Gasteiger partial charge in [0.1, 0.15) is 6.04 Å². The van der Waals surface area contributed by atoms with Crippen LogP contribution in [0.1, 0.15) is 40.4 Å². The minimum Gasteiger partial charge on any atom is -0.338 e. The lowest BCUT2D eigenvalue weighted by atomic mass is 10.1. The molecular weight excluding hydrogens is 438 g/mol. The van der Waals surface area contributed by atoms with Gasteiger partial charge in [-0.3, -0.25) is 14.5 Å². The number of carbonyl (C=O) groups is 2. The molecule has 172 valence electrons. The molecular formula is C25H27N3O4S. The molecule has 2 aromatic carbocycles. The fourth-order valence-electron chi connectivity index (χ4n) is 5.09. The maximum absolute atomic E-state index is 13.2. The molecule has 2 amide bonds. The smallest absolute Gasteiger partial charge is 0.259 e. The number of amides is 2. The molecule has 0 radical (unpaired) electrons. The van der Waals surface area contributed by atoms with E-state index in [9.17, 15) is 18.0 Å². The predicted octanol–water partition coefficient (Wildman–Crippen LogP) is 2.52. The van der Waals surface area contributed by atoms with Crippen LogP contribution in [-0.2, 0) is 27.7 Å². The second-order valence-electron chi connectivity index (χ2n) is 8.86. The van der Waals surface area contributed by atoms with Crippen molar-refractivity contribution < 1.29 is 18.0 Å². The molecule has 2 aliphatic heterocycles. The van der Waals surface area contributed by atoms with Gasteiger partial charge in [0.05, 0.1) is 4.90 Å². The highest BCUT2D eigenvalue weighted by atomic mass is 32.2.